The molecule has 3 aromatic heterocycles. The summed E-state index contributed by atoms with van der Waals surface area (Å²) in [7, 11) is 0. The summed E-state index contributed by atoms with van der Waals surface area (Å²) in [5, 5.41) is 0. The number of hydrogen-bond acceptors (Lipinski definition) is 5. The van der Waals surface area contributed by atoms with Crippen LogP contribution in [0.5, 0.6) is 5.75 Å². The maximum Gasteiger partial charge on any atom is 0.123 e. The van der Waals surface area contributed by atoms with Gasteiger partial charge in [-0.3, -0.25) is 9.97 Å². The Labute approximate surface area is 153 Å². The zero-order valence-electron chi connectivity index (χ0n) is 14.0. The SMILES string of the molecule is SCCCCCOc1cc(-c2ccccn2)nc(-c2ccccn2)c1. The Hall–Kier alpha value is -2.40. The number of rotatable bonds is 8. The molecule has 0 unspecified atom stereocenters. The summed E-state index contributed by atoms with van der Waals surface area (Å²) in [6.07, 6.45) is 6.78. The average molecular weight is 351 g/mol. The summed E-state index contributed by atoms with van der Waals surface area (Å²) in [6, 6.07) is 15.5. The molecule has 3 aromatic rings. The van der Waals surface area contributed by atoms with Crippen molar-refractivity contribution < 1.29 is 4.74 Å². The topological polar surface area (TPSA) is 47.9 Å². The first kappa shape index (κ1) is 17.4. The molecule has 0 fully saturated rings. The molecule has 0 radical (unpaired) electrons. The standard InChI is InChI=1S/C20H21N3OS/c25-13-7-1-6-12-24-16-14-19(17-8-2-4-10-21-17)23-20(15-16)18-9-3-5-11-22-18/h2-5,8-11,14-15,25H,1,6-7,12-13H2. The number of pyridine rings is 3. The first-order valence-electron chi connectivity index (χ1n) is 8.45. The molecule has 0 bridgehead atoms. The van der Waals surface area contributed by atoms with E-state index in [0.29, 0.717) is 6.61 Å². The Morgan fingerprint density at radius 3 is 1.92 bits per heavy atom. The van der Waals surface area contributed by atoms with Crippen LogP contribution in [0.25, 0.3) is 22.8 Å². The summed E-state index contributed by atoms with van der Waals surface area (Å²) in [6.45, 7) is 0.682. The molecule has 0 aliphatic heterocycles. The highest BCUT2D eigenvalue weighted by Gasteiger charge is 2.09. The van der Waals surface area contributed by atoms with Gasteiger partial charge in [0.2, 0.25) is 0 Å². The Morgan fingerprint density at radius 1 is 0.760 bits per heavy atom. The van der Waals surface area contributed by atoms with Crippen LogP contribution in [0.15, 0.2) is 60.9 Å². The highest BCUT2D eigenvalue weighted by Crippen LogP contribution is 2.26. The van der Waals surface area contributed by atoms with Crippen molar-refractivity contribution in [2.75, 3.05) is 12.4 Å². The van der Waals surface area contributed by atoms with Crippen LogP contribution in [0.4, 0.5) is 0 Å². The van der Waals surface area contributed by atoms with E-state index in [4.69, 9.17) is 9.72 Å². The van der Waals surface area contributed by atoms with E-state index in [1.807, 2.05) is 48.5 Å². The van der Waals surface area contributed by atoms with Gasteiger partial charge in [-0.2, -0.15) is 12.6 Å². The largest absolute Gasteiger partial charge is 0.493 e. The van der Waals surface area contributed by atoms with Crippen LogP contribution in [0.1, 0.15) is 19.3 Å². The summed E-state index contributed by atoms with van der Waals surface area (Å²) in [5.74, 6) is 1.71. The number of hydrogen-bond donors (Lipinski definition) is 1. The van der Waals surface area contributed by atoms with Gasteiger partial charge in [-0.15, -0.1) is 0 Å². The number of unbranched alkanes of at least 4 members (excludes halogenated alkanes) is 2. The van der Waals surface area contributed by atoms with Crippen molar-refractivity contribution in [2.45, 2.75) is 19.3 Å². The second-order valence-corrected chi connectivity index (χ2v) is 6.08. The minimum atomic E-state index is 0.682. The molecule has 0 saturated heterocycles. The molecule has 5 heteroatoms. The monoisotopic (exact) mass is 351 g/mol. The Balaban J connectivity index is 1.86. The number of aromatic nitrogens is 3. The number of nitrogens with zero attached hydrogens (tertiary/aromatic N) is 3. The fourth-order valence-corrected chi connectivity index (χ4v) is 2.68. The van der Waals surface area contributed by atoms with Crippen molar-refractivity contribution in [3.63, 3.8) is 0 Å². The lowest BCUT2D eigenvalue weighted by Gasteiger charge is -2.10. The van der Waals surface area contributed by atoms with Gasteiger partial charge in [-0.1, -0.05) is 12.1 Å². The molecule has 0 atom stereocenters. The van der Waals surface area contributed by atoms with Gasteiger partial charge in [0.05, 0.1) is 29.4 Å². The maximum absolute atomic E-state index is 5.96. The molecule has 0 spiro atoms. The molecular weight excluding hydrogens is 330 g/mol. The molecule has 25 heavy (non-hydrogen) atoms. The first-order chi connectivity index (χ1) is 12.4. The molecular formula is C20H21N3OS. The molecule has 0 amide bonds. The third-order valence-corrected chi connectivity index (χ3v) is 4.04. The predicted molar refractivity (Wildman–Crippen MR) is 104 cm³/mol. The summed E-state index contributed by atoms with van der Waals surface area (Å²) in [4.78, 5) is 13.5. The summed E-state index contributed by atoms with van der Waals surface area (Å²) >= 11 is 4.24. The smallest absolute Gasteiger partial charge is 0.123 e. The normalized spacial score (nSPS) is 10.6. The van der Waals surface area contributed by atoms with Gasteiger partial charge in [-0.25, -0.2) is 4.98 Å². The highest BCUT2D eigenvalue weighted by atomic mass is 32.1. The van der Waals surface area contributed by atoms with Crippen LogP contribution in [-0.4, -0.2) is 27.3 Å². The van der Waals surface area contributed by atoms with Gasteiger partial charge in [-0.05, 0) is 49.3 Å². The van der Waals surface area contributed by atoms with Gasteiger partial charge < -0.3 is 4.74 Å². The zero-order chi connectivity index (χ0) is 17.3. The van der Waals surface area contributed by atoms with E-state index in [1.165, 1.54) is 0 Å². The molecule has 0 saturated carbocycles. The maximum atomic E-state index is 5.96. The molecule has 0 aliphatic carbocycles. The molecule has 128 valence electrons. The second-order valence-electron chi connectivity index (χ2n) is 5.64. The van der Waals surface area contributed by atoms with Gasteiger partial charge >= 0.3 is 0 Å². The van der Waals surface area contributed by atoms with E-state index in [1.54, 1.807) is 12.4 Å². The predicted octanol–water partition coefficient (Wildman–Crippen LogP) is 4.68. The van der Waals surface area contributed by atoms with Gasteiger partial charge in [0.25, 0.3) is 0 Å². The second kappa shape index (κ2) is 9.18. The molecule has 0 N–H and O–H groups in total. The van der Waals surface area contributed by atoms with Gasteiger partial charge in [0.1, 0.15) is 5.75 Å². The van der Waals surface area contributed by atoms with Crippen molar-refractivity contribution in [1.29, 1.82) is 0 Å². The van der Waals surface area contributed by atoms with E-state index in [-0.39, 0.29) is 0 Å². The molecule has 4 nitrogen and oxygen atoms in total. The van der Waals surface area contributed by atoms with Crippen molar-refractivity contribution in [3.05, 3.63) is 60.9 Å². The lowest BCUT2D eigenvalue weighted by atomic mass is 10.2. The number of thiol groups is 1. The summed E-state index contributed by atoms with van der Waals surface area (Å²) in [5.41, 5.74) is 3.21. The lowest BCUT2D eigenvalue weighted by Crippen LogP contribution is -2.00. The Morgan fingerprint density at radius 2 is 1.40 bits per heavy atom. The van der Waals surface area contributed by atoms with Gasteiger partial charge in [0.15, 0.2) is 0 Å². The summed E-state index contributed by atoms with van der Waals surface area (Å²) < 4.78 is 5.96. The van der Waals surface area contributed by atoms with Crippen LogP contribution in [-0.2, 0) is 0 Å². The highest BCUT2D eigenvalue weighted by molar-refractivity contribution is 7.80. The third kappa shape index (κ3) is 5.03. The van der Waals surface area contributed by atoms with E-state index in [0.717, 1.165) is 53.5 Å². The van der Waals surface area contributed by atoms with Crippen LogP contribution in [0, 0.1) is 0 Å². The zero-order valence-corrected chi connectivity index (χ0v) is 14.9. The molecule has 0 aromatic carbocycles. The lowest BCUT2D eigenvalue weighted by molar-refractivity contribution is 0.306. The molecule has 3 rings (SSSR count). The third-order valence-electron chi connectivity index (χ3n) is 3.72. The Bertz CT molecular complexity index is 724. The van der Waals surface area contributed by atoms with Crippen molar-refractivity contribution in [3.8, 4) is 28.5 Å². The van der Waals surface area contributed by atoms with Gasteiger partial charge in [0, 0.05) is 24.5 Å². The minimum Gasteiger partial charge on any atom is -0.493 e. The average Bonchev–Trinajstić information content (AvgIpc) is 2.69. The van der Waals surface area contributed by atoms with Crippen LogP contribution in [0.3, 0.4) is 0 Å². The van der Waals surface area contributed by atoms with E-state index in [9.17, 15) is 0 Å². The van der Waals surface area contributed by atoms with Crippen LogP contribution >= 0.6 is 12.6 Å². The van der Waals surface area contributed by atoms with Crippen LogP contribution in [0.2, 0.25) is 0 Å². The van der Waals surface area contributed by atoms with E-state index >= 15 is 0 Å². The number of ether oxygens (including phenoxy) is 1. The first-order valence-corrected chi connectivity index (χ1v) is 9.08. The Kier molecular flexibility index (Phi) is 6.40. The minimum absolute atomic E-state index is 0.682. The molecule has 3 heterocycles. The van der Waals surface area contributed by atoms with Crippen molar-refractivity contribution >= 4 is 12.6 Å². The quantitative estimate of drug-likeness (QED) is 0.473. The van der Waals surface area contributed by atoms with Crippen molar-refractivity contribution in [1.82, 2.24) is 15.0 Å². The van der Waals surface area contributed by atoms with E-state index in [2.05, 4.69) is 22.6 Å². The van der Waals surface area contributed by atoms with E-state index < -0.39 is 0 Å². The molecule has 0 aliphatic rings. The fourth-order valence-electron chi connectivity index (χ4n) is 2.46. The fraction of sp³-hybridized carbons (Fsp3) is 0.250. The van der Waals surface area contributed by atoms with Crippen molar-refractivity contribution in [2.24, 2.45) is 0 Å². The van der Waals surface area contributed by atoms with Crippen LogP contribution < -0.4 is 4.74 Å².